The molecule has 1 N–H and O–H groups in total. The molecule has 10 heteroatoms. The van der Waals surface area contributed by atoms with Gasteiger partial charge in [0.1, 0.15) is 16.7 Å². The number of halogens is 3. The molecule has 3 aromatic rings. The SMILES string of the molecule is COc1ccc(Cl)cc1NC(=O)CN(C)C(=O)/C=C/c1c(C)nn(-c2ccc(F)cc2)c1Cl. The summed E-state index contributed by atoms with van der Waals surface area (Å²) >= 11 is 12.4. The molecule has 0 saturated carbocycles. The Morgan fingerprint density at radius 1 is 1.21 bits per heavy atom. The minimum Gasteiger partial charge on any atom is -0.495 e. The molecule has 1 heterocycles. The molecule has 33 heavy (non-hydrogen) atoms. The van der Waals surface area contributed by atoms with Crippen molar-refractivity contribution in [1.82, 2.24) is 14.7 Å². The van der Waals surface area contributed by atoms with Crippen LogP contribution in [0.5, 0.6) is 5.75 Å². The van der Waals surface area contributed by atoms with Crippen LogP contribution in [-0.2, 0) is 9.59 Å². The van der Waals surface area contributed by atoms with E-state index in [1.165, 1.54) is 48.0 Å². The van der Waals surface area contributed by atoms with Gasteiger partial charge in [-0.05, 0) is 55.5 Å². The number of amides is 2. The molecule has 0 bridgehead atoms. The van der Waals surface area contributed by atoms with Gasteiger partial charge >= 0.3 is 0 Å². The summed E-state index contributed by atoms with van der Waals surface area (Å²) in [4.78, 5) is 26.2. The van der Waals surface area contributed by atoms with Crippen LogP contribution >= 0.6 is 23.2 Å². The van der Waals surface area contributed by atoms with Gasteiger partial charge in [0.15, 0.2) is 0 Å². The third kappa shape index (κ3) is 5.91. The van der Waals surface area contributed by atoms with Crippen LogP contribution in [0, 0.1) is 12.7 Å². The molecule has 7 nitrogen and oxygen atoms in total. The van der Waals surface area contributed by atoms with E-state index < -0.39 is 11.8 Å². The van der Waals surface area contributed by atoms with Crippen LogP contribution in [0.25, 0.3) is 11.8 Å². The lowest BCUT2D eigenvalue weighted by atomic mass is 10.2. The van der Waals surface area contributed by atoms with Crippen LogP contribution in [0.15, 0.2) is 48.5 Å². The van der Waals surface area contributed by atoms with Crippen LogP contribution in [0.2, 0.25) is 10.2 Å². The van der Waals surface area contributed by atoms with E-state index in [1.54, 1.807) is 37.3 Å². The summed E-state index contributed by atoms with van der Waals surface area (Å²) < 4.78 is 19.8. The number of nitrogens with zero attached hydrogens (tertiary/aromatic N) is 3. The number of anilines is 1. The summed E-state index contributed by atoms with van der Waals surface area (Å²) in [6, 6.07) is 10.5. The second-order valence-electron chi connectivity index (χ2n) is 7.10. The Balaban J connectivity index is 1.67. The number of aromatic nitrogens is 2. The Labute approximate surface area is 200 Å². The van der Waals surface area contributed by atoms with Crippen molar-refractivity contribution in [3.8, 4) is 11.4 Å². The topological polar surface area (TPSA) is 76.5 Å². The number of likely N-dealkylation sites (N-methyl/N-ethyl adjacent to an activating group) is 1. The maximum atomic E-state index is 13.2. The van der Waals surface area contributed by atoms with E-state index >= 15 is 0 Å². The first kappa shape index (κ1) is 24.3. The summed E-state index contributed by atoms with van der Waals surface area (Å²) in [5.74, 6) is -0.748. The van der Waals surface area contributed by atoms with Crippen molar-refractivity contribution < 1.29 is 18.7 Å². The maximum Gasteiger partial charge on any atom is 0.246 e. The summed E-state index contributed by atoms with van der Waals surface area (Å²) in [7, 11) is 2.97. The lowest BCUT2D eigenvalue weighted by Gasteiger charge is -2.16. The number of carbonyl (C=O) groups is 2. The molecular formula is C23H21Cl2FN4O3. The first-order chi connectivity index (χ1) is 15.7. The summed E-state index contributed by atoms with van der Waals surface area (Å²) in [6.07, 6.45) is 2.83. The van der Waals surface area contributed by atoms with E-state index in [4.69, 9.17) is 27.9 Å². The van der Waals surface area contributed by atoms with Crippen LogP contribution in [0.3, 0.4) is 0 Å². The van der Waals surface area contributed by atoms with Gasteiger partial charge in [0.2, 0.25) is 11.8 Å². The smallest absolute Gasteiger partial charge is 0.246 e. The Kier molecular flexibility index (Phi) is 7.73. The molecule has 2 aromatic carbocycles. The molecule has 172 valence electrons. The fourth-order valence-electron chi connectivity index (χ4n) is 3.00. The number of benzene rings is 2. The van der Waals surface area contributed by atoms with E-state index in [0.717, 1.165) is 0 Å². The molecular weight excluding hydrogens is 470 g/mol. The lowest BCUT2D eigenvalue weighted by Crippen LogP contribution is -2.33. The highest BCUT2D eigenvalue weighted by atomic mass is 35.5. The second kappa shape index (κ2) is 10.5. The fraction of sp³-hybridized carbons (Fsp3) is 0.174. The predicted molar refractivity (Wildman–Crippen MR) is 127 cm³/mol. The van der Waals surface area contributed by atoms with Gasteiger partial charge in [0.05, 0.1) is 30.7 Å². The normalized spacial score (nSPS) is 11.0. The van der Waals surface area contributed by atoms with E-state index in [9.17, 15) is 14.0 Å². The molecule has 0 aliphatic rings. The first-order valence-corrected chi connectivity index (χ1v) is 10.5. The highest BCUT2D eigenvalue weighted by Crippen LogP contribution is 2.28. The largest absolute Gasteiger partial charge is 0.495 e. The maximum absolute atomic E-state index is 13.2. The summed E-state index contributed by atoms with van der Waals surface area (Å²) in [6.45, 7) is 1.55. The van der Waals surface area contributed by atoms with Gasteiger partial charge in [-0.1, -0.05) is 23.2 Å². The molecule has 0 unspecified atom stereocenters. The van der Waals surface area contributed by atoms with Crippen molar-refractivity contribution in [3.05, 3.63) is 75.8 Å². The van der Waals surface area contributed by atoms with Crippen molar-refractivity contribution in [1.29, 1.82) is 0 Å². The van der Waals surface area contributed by atoms with Crippen LogP contribution in [0.1, 0.15) is 11.3 Å². The zero-order valence-electron chi connectivity index (χ0n) is 18.1. The van der Waals surface area contributed by atoms with E-state index in [1.807, 2.05) is 0 Å². The molecule has 0 saturated heterocycles. The van der Waals surface area contributed by atoms with Gasteiger partial charge in [0.25, 0.3) is 0 Å². The Hall–Kier alpha value is -3.36. The van der Waals surface area contributed by atoms with Crippen molar-refractivity contribution >= 4 is 46.8 Å². The number of ether oxygens (including phenoxy) is 1. The van der Waals surface area contributed by atoms with Crippen molar-refractivity contribution in [2.75, 3.05) is 26.0 Å². The minimum atomic E-state index is -0.418. The fourth-order valence-corrected chi connectivity index (χ4v) is 3.50. The quantitative estimate of drug-likeness (QED) is 0.485. The number of aryl methyl sites for hydroxylation is 1. The third-order valence-electron chi connectivity index (χ3n) is 4.70. The van der Waals surface area contributed by atoms with Crippen molar-refractivity contribution in [3.63, 3.8) is 0 Å². The van der Waals surface area contributed by atoms with Gasteiger partial charge in [0, 0.05) is 23.7 Å². The highest BCUT2D eigenvalue weighted by molar-refractivity contribution is 6.31. The Morgan fingerprint density at radius 3 is 2.58 bits per heavy atom. The molecule has 0 aliphatic carbocycles. The van der Waals surface area contributed by atoms with E-state index in [-0.39, 0.29) is 17.5 Å². The minimum absolute atomic E-state index is 0.194. The first-order valence-electron chi connectivity index (χ1n) is 9.77. The molecule has 0 fully saturated rings. The van der Waals surface area contributed by atoms with Gasteiger partial charge in [-0.25, -0.2) is 9.07 Å². The zero-order valence-corrected chi connectivity index (χ0v) is 19.6. The Morgan fingerprint density at radius 2 is 1.91 bits per heavy atom. The van der Waals surface area contributed by atoms with Crippen molar-refractivity contribution in [2.24, 2.45) is 0 Å². The predicted octanol–water partition coefficient (Wildman–Crippen LogP) is 4.75. The van der Waals surface area contributed by atoms with E-state index in [0.29, 0.717) is 33.4 Å². The van der Waals surface area contributed by atoms with Crippen LogP contribution < -0.4 is 10.1 Å². The monoisotopic (exact) mass is 490 g/mol. The van der Waals surface area contributed by atoms with Gasteiger partial charge < -0.3 is 15.0 Å². The van der Waals surface area contributed by atoms with Crippen molar-refractivity contribution in [2.45, 2.75) is 6.92 Å². The molecule has 0 radical (unpaired) electrons. The molecule has 0 atom stereocenters. The average molecular weight is 491 g/mol. The molecule has 2 amide bonds. The third-order valence-corrected chi connectivity index (χ3v) is 5.30. The number of hydrogen-bond acceptors (Lipinski definition) is 4. The molecule has 1 aromatic heterocycles. The van der Waals surface area contributed by atoms with Gasteiger partial charge in [-0.15, -0.1) is 0 Å². The number of hydrogen-bond donors (Lipinski definition) is 1. The highest BCUT2D eigenvalue weighted by Gasteiger charge is 2.16. The number of nitrogens with one attached hydrogen (secondary N) is 1. The van der Waals surface area contributed by atoms with Gasteiger partial charge in [-0.3, -0.25) is 9.59 Å². The van der Waals surface area contributed by atoms with Crippen LogP contribution in [0.4, 0.5) is 10.1 Å². The molecule has 0 aliphatic heterocycles. The number of methoxy groups -OCH3 is 1. The average Bonchev–Trinajstić information content (AvgIpc) is 3.06. The second-order valence-corrected chi connectivity index (χ2v) is 7.89. The zero-order chi connectivity index (χ0) is 24.1. The number of carbonyl (C=O) groups excluding carboxylic acids is 2. The molecule has 3 rings (SSSR count). The summed E-state index contributed by atoms with van der Waals surface area (Å²) in [5, 5.41) is 7.74. The van der Waals surface area contributed by atoms with Gasteiger partial charge in [-0.2, -0.15) is 5.10 Å². The Bertz CT molecular complexity index is 1210. The lowest BCUT2D eigenvalue weighted by molar-refractivity contribution is -0.129. The summed E-state index contributed by atoms with van der Waals surface area (Å²) in [5.41, 5.74) is 2.11. The van der Waals surface area contributed by atoms with E-state index in [2.05, 4.69) is 10.4 Å². The molecule has 0 spiro atoms. The van der Waals surface area contributed by atoms with Crippen LogP contribution in [-0.4, -0.2) is 47.2 Å². The standard InChI is InChI=1S/C23H21Cl2FN4O3/c1-14-18(23(25)30(28-14)17-7-5-16(26)6-8-17)9-11-22(32)29(2)13-21(31)27-19-12-15(24)4-10-20(19)33-3/h4-12H,13H2,1-3H3,(H,27,31)/b11-9+. The number of rotatable bonds is 7.